The summed E-state index contributed by atoms with van der Waals surface area (Å²) >= 11 is 0. The maximum Gasteiger partial charge on any atom is -0.0414 e. The smallest absolute Gasteiger partial charge is 0.0414 e. The van der Waals surface area contributed by atoms with Crippen molar-refractivity contribution in [1.82, 2.24) is 0 Å². The minimum absolute atomic E-state index is 0.936. The summed E-state index contributed by atoms with van der Waals surface area (Å²) in [6.45, 7) is 4.10. The number of hydrogen-bond donors (Lipinski definition) is 0. The molecular weight excluding hydrogens is 180 g/mol. The van der Waals surface area contributed by atoms with E-state index in [1.54, 1.807) is 0 Å². The molecule has 0 atom stereocenters. The maximum absolute atomic E-state index is 4.10. The molecule has 0 amide bonds. The summed E-state index contributed by atoms with van der Waals surface area (Å²) in [6.07, 6.45) is 18.8. The third-order valence-electron chi connectivity index (χ3n) is 3.88. The summed E-state index contributed by atoms with van der Waals surface area (Å²) < 4.78 is 0. The molecule has 0 saturated heterocycles. The Bertz CT molecular complexity index is 114. The van der Waals surface area contributed by atoms with Gasteiger partial charge in [-0.05, 0) is 5.92 Å². The molecule has 0 aromatic rings. The predicted molar refractivity (Wildman–Crippen MR) is 68.9 cm³/mol. The van der Waals surface area contributed by atoms with Gasteiger partial charge >= 0.3 is 0 Å². The Morgan fingerprint density at radius 1 is 0.600 bits per heavy atom. The van der Waals surface area contributed by atoms with Crippen LogP contribution >= 0.6 is 0 Å². The molecular formula is C15H29. The molecule has 1 aliphatic carbocycles. The van der Waals surface area contributed by atoms with E-state index in [0.717, 1.165) is 5.92 Å². The van der Waals surface area contributed by atoms with E-state index >= 15 is 0 Å². The van der Waals surface area contributed by atoms with Gasteiger partial charge in [-0.25, -0.2) is 0 Å². The highest BCUT2D eigenvalue weighted by molar-refractivity contribution is 4.62. The number of rotatable bonds is 1. The van der Waals surface area contributed by atoms with Crippen molar-refractivity contribution >= 4 is 0 Å². The molecule has 0 aromatic carbocycles. The lowest BCUT2D eigenvalue weighted by Crippen LogP contribution is -1.99. The van der Waals surface area contributed by atoms with Crippen LogP contribution in [0, 0.1) is 12.8 Å². The van der Waals surface area contributed by atoms with Gasteiger partial charge in [-0.2, -0.15) is 0 Å². The van der Waals surface area contributed by atoms with Crippen molar-refractivity contribution in [2.75, 3.05) is 0 Å². The molecule has 1 radical (unpaired) electrons. The highest BCUT2D eigenvalue weighted by Crippen LogP contribution is 2.22. The molecule has 0 unspecified atom stereocenters. The third kappa shape index (κ3) is 6.98. The first kappa shape index (κ1) is 13.1. The third-order valence-corrected chi connectivity index (χ3v) is 3.88. The highest BCUT2D eigenvalue weighted by atomic mass is 14.1. The van der Waals surface area contributed by atoms with E-state index in [0.29, 0.717) is 0 Å². The molecule has 0 aliphatic heterocycles. The van der Waals surface area contributed by atoms with E-state index in [1.165, 1.54) is 83.5 Å². The predicted octanol–water partition coefficient (Wildman–Crippen LogP) is 5.52. The van der Waals surface area contributed by atoms with Gasteiger partial charge in [0.2, 0.25) is 0 Å². The molecule has 0 aromatic heterocycles. The van der Waals surface area contributed by atoms with E-state index in [-0.39, 0.29) is 0 Å². The fourth-order valence-corrected chi connectivity index (χ4v) is 2.71. The standard InChI is InChI=1S/C15H29/c1-2-15-13-11-9-7-5-3-4-6-8-10-12-14-15/h15H,1-14H2. The summed E-state index contributed by atoms with van der Waals surface area (Å²) in [5, 5.41) is 0. The van der Waals surface area contributed by atoms with Gasteiger partial charge < -0.3 is 0 Å². The van der Waals surface area contributed by atoms with E-state index in [1.807, 2.05) is 0 Å². The van der Waals surface area contributed by atoms with Crippen LogP contribution in [-0.2, 0) is 0 Å². The second-order valence-corrected chi connectivity index (χ2v) is 5.27. The van der Waals surface area contributed by atoms with Gasteiger partial charge in [-0.1, -0.05) is 90.4 Å². The Labute approximate surface area is 96.8 Å². The van der Waals surface area contributed by atoms with Crippen LogP contribution in [0.4, 0.5) is 0 Å². The molecule has 0 heterocycles. The van der Waals surface area contributed by atoms with Crippen LogP contribution in [0.3, 0.4) is 0 Å². The van der Waals surface area contributed by atoms with E-state index < -0.39 is 0 Å². The summed E-state index contributed by atoms with van der Waals surface area (Å²) in [4.78, 5) is 0. The van der Waals surface area contributed by atoms with Crippen LogP contribution in [0.25, 0.3) is 0 Å². The normalized spacial score (nSPS) is 23.8. The zero-order chi connectivity index (χ0) is 10.8. The maximum atomic E-state index is 4.10. The zero-order valence-corrected chi connectivity index (χ0v) is 10.5. The first-order valence-corrected chi connectivity index (χ1v) is 7.22. The van der Waals surface area contributed by atoms with Gasteiger partial charge in [0, 0.05) is 0 Å². The van der Waals surface area contributed by atoms with Crippen LogP contribution in [0.5, 0.6) is 0 Å². The lowest BCUT2D eigenvalue weighted by molar-refractivity contribution is 0.410. The van der Waals surface area contributed by atoms with Crippen LogP contribution in [0.15, 0.2) is 0 Å². The first-order chi connectivity index (χ1) is 7.43. The van der Waals surface area contributed by atoms with Crippen molar-refractivity contribution in [2.24, 2.45) is 5.92 Å². The molecule has 89 valence electrons. The monoisotopic (exact) mass is 209 g/mol. The molecule has 0 spiro atoms. The van der Waals surface area contributed by atoms with E-state index in [9.17, 15) is 0 Å². The van der Waals surface area contributed by atoms with Gasteiger partial charge in [0.15, 0.2) is 0 Å². The first-order valence-electron chi connectivity index (χ1n) is 7.22. The topological polar surface area (TPSA) is 0 Å². The van der Waals surface area contributed by atoms with Crippen molar-refractivity contribution in [1.29, 1.82) is 0 Å². The molecule has 0 bridgehead atoms. The molecule has 1 saturated carbocycles. The Morgan fingerprint density at radius 2 is 0.933 bits per heavy atom. The molecule has 0 heteroatoms. The van der Waals surface area contributed by atoms with Crippen LogP contribution in [0.1, 0.15) is 83.5 Å². The van der Waals surface area contributed by atoms with Crippen LogP contribution in [0.2, 0.25) is 0 Å². The largest absolute Gasteiger partial charge is 0.0533 e. The lowest BCUT2D eigenvalue weighted by atomic mass is 9.93. The van der Waals surface area contributed by atoms with Crippen LogP contribution in [-0.4, -0.2) is 0 Å². The second kappa shape index (κ2) is 9.24. The van der Waals surface area contributed by atoms with Gasteiger partial charge in [0.1, 0.15) is 0 Å². The molecule has 0 N–H and O–H groups in total. The zero-order valence-electron chi connectivity index (χ0n) is 10.5. The SMILES string of the molecule is [CH2]CC1CCCCCCCCCCCC1. The number of hydrogen-bond acceptors (Lipinski definition) is 0. The molecule has 1 rings (SSSR count). The quantitative estimate of drug-likeness (QED) is 0.533. The van der Waals surface area contributed by atoms with Crippen molar-refractivity contribution in [3.8, 4) is 0 Å². The van der Waals surface area contributed by atoms with E-state index in [4.69, 9.17) is 0 Å². The van der Waals surface area contributed by atoms with E-state index in [2.05, 4.69) is 6.92 Å². The van der Waals surface area contributed by atoms with Gasteiger partial charge in [0.25, 0.3) is 0 Å². The molecule has 1 aliphatic rings. The second-order valence-electron chi connectivity index (χ2n) is 5.27. The summed E-state index contributed by atoms with van der Waals surface area (Å²) in [5.41, 5.74) is 0. The average molecular weight is 209 g/mol. The molecule has 1 fully saturated rings. The highest BCUT2D eigenvalue weighted by Gasteiger charge is 2.06. The van der Waals surface area contributed by atoms with Crippen molar-refractivity contribution < 1.29 is 0 Å². The Morgan fingerprint density at radius 3 is 1.27 bits per heavy atom. The lowest BCUT2D eigenvalue weighted by Gasteiger charge is -2.13. The van der Waals surface area contributed by atoms with Gasteiger partial charge in [0.05, 0.1) is 0 Å². The summed E-state index contributed by atoms with van der Waals surface area (Å²) in [6, 6.07) is 0. The minimum atomic E-state index is 0.936. The van der Waals surface area contributed by atoms with Gasteiger partial charge in [-0.15, -0.1) is 0 Å². The van der Waals surface area contributed by atoms with Gasteiger partial charge in [-0.3, -0.25) is 0 Å². The summed E-state index contributed by atoms with van der Waals surface area (Å²) in [7, 11) is 0. The Hall–Kier alpha value is 0. The molecule has 0 nitrogen and oxygen atoms in total. The minimum Gasteiger partial charge on any atom is -0.0533 e. The fraction of sp³-hybridized carbons (Fsp3) is 0.933. The van der Waals surface area contributed by atoms with Crippen LogP contribution < -0.4 is 0 Å². The van der Waals surface area contributed by atoms with Crippen molar-refractivity contribution in [2.45, 2.75) is 83.5 Å². The van der Waals surface area contributed by atoms with Crippen molar-refractivity contribution in [3.63, 3.8) is 0 Å². The van der Waals surface area contributed by atoms with Crippen molar-refractivity contribution in [3.05, 3.63) is 6.92 Å². The fourth-order valence-electron chi connectivity index (χ4n) is 2.71. The Balaban J connectivity index is 2.17. The average Bonchev–Trinajstić information content (AvgIpc) is 2.29. The molecule has 15 heavy (non-hydrogen) atoms. The Kier molecular flexibility index (Phi) is 8.05. The summed E-state index contributed by atoms with van der Waals surface area (Å²) in [5.74, 6) is 0.936.